The van der Waals surface area contributed by atoms with Gasteiger partial charge in [0.25, 0.3) is 0 Å². The third-order valence-corrected chi connectivity index (χ3v) is 10.9. The molecule has 164 valence electrons. The molecule has 4 unspecified atom stereocenters. The highest BCUT2D eigenvalue weighted by Gasteiger charge is 2.91. The molecular formula is C22H35NO6. The summed E-state index contributed by atoms with van der Waals surface area (Å²) in [6.07, 6.45) is 0.207. The smallest absolute Gasteiger partial charge is 0.129 e. The summed E-state index contributed by atoms with van der Waals surface area (Å²) in [4.78, 5) is 2.25. The van der Waals surface area contributed by atoms with E-state index in [1.165, 1.54) is 0 Å². The minimum atomic E-state index is -1.87. The average molecular weight is 410 g/mol. The van der Waals surface area contributed by atoms with Gasteiger partial charge in [-0.1, -0.05) is 13.8 Å². The molecule has 5 N–H and O–H groups in total. The van der Waals surface area contributed by atoms with Gasteiger partial charge in [0.2, 0.25) is 0 Å². The molecule has 5 saturated carbocycles. The molecule has 7 nitrogen and oxygen atoms in total. The lowest BCUT2D eigenvalue weighted by atomic mass is 9.41. The number of fused-ring (bicyclic) bond motifs is 2. The molecule has 1 aliphatic heterocycles. The molecule has 6 fully saturated rings. The van der Waals surface area contributed by atoms with Gasteiger partial charge in [-0.05, 0) is 43.6 Å². The van der Waals surface area contributed by atoms with Crippen LogP contribution < -0.4 is 0 Å². The number of rotatable bonds is 2. The van der Waals surface area contributed by atoms with E-state index in [1.54, 1.807) is 7.11 Å². The number of nitrogens with zero attached hydrogens (tertiary/aromatic N) is 1. The number of piperidine rings is 1. The summed E-state index contributed by atoms with van der Waals surface area (Å²) in [7, 11) is 1.57. The maximum atomic E-state index is 12.3. The third-order valence-electron chi connectivity index (χ3n) is 10.9. The largest absolute Gasteiger partial charge is 0.392 e. The summed E-state index contributed by atoms with van der Waals surface area (Å²) in [6.45, 7) is 5.86. The first kappa shape index (κ1) is 19.4. The molecule has 6 rings (SSSR count). The molecule has 29 heavy (non-hydrogen) atoms. The van der Waals surface area contributed by atoms with E-state index < -0.39 is 52.5 Å². The number of ether oxygens (including phenoxy) is 1. The summed E-state index contributed by atoms with van der Waals surface area (Å²) in [5.41, 5.74) is -6.12. The molecule has 5 aliphatic carbocycles. The molecule has 0 aromatic heterocycles. The minimum Gasteiger partial charge on any atom is -0.392 e. The normalized spacial score (nSPS) is 67.7. The molecule has 0 aromatic carbocycles. The van der Waals surface area contributed by atoms with E-state index in [-0.39, 0.29) is 23.7 Å². The summed E-state index contributed by atoms with van der Waals surface area (Å²) in [5, 5.41) is 59.4. The highest BCUT2D eigenvalue weighted by atomic mass is 16.5. The summed E-state index contributed by atoms with van der Waals surface area (Å²) < 4.78 is 5.66. The van der Waals surface area contributed by atoms with Crippen molar-refractivity contribution in [3.05, 3.63) is 0 Å². The van der Waals surface area contributed by atoms with Crippen LogP contribution in [0.3, 0.4) is 0 Å². The van der Waals surface area contributed by atoms with Crippen molar-refractivity contribution in [2.45, 2.75) is 87.1 Å². The molecule has 1 saturated heterocycles. The Morgan fingerprint density at radius 3 is 2.48 bits per heavy atom. The molecule has 0 aromatic rings. The van der Waals surface area contributed by atoms with Crippen LogP contribution in [0, 0.1) is 28.6 Å². The molecule has 0 amide bonds. The van der Waals surface area contributed by atoms with Crippen molar-refractivity contribution in [3.8, 4) is 0 Å². The zero-order valence-corrected chi connectivity index (χ0v) is 17.6. The molecule has 6 aliphatic rings. The van der Waals surface area contributed by atoms with Gasteiger partial charge in [0, 0.05) is 37.3 Å². The lowest BCUT2D eigenvalue weighted by Crippen LogP contribution is -2.87. The van der Waals surface area contributed by atoms with Crippen LogP contribution in [0.15, 0.2) is 0 Å². The molecule has 1 spiro atoms. The van der Waals surface area contributed by atoms with E-state index >= 15 is 0 Å². The second-order valence-corrected chi connectivity index (χ2v) is 11.4. The first-order valence-electron chi connectivity index (χ1n) is 11.4. The van der Waals surface area contributed by atoms with Crippen molar-refractivity contribution in [2.24, 2.45) is 28.6 Å². The van der Waals surface area contributed by atoms with Crippen LogP contribution in [0.4, 0.5) is 0 Å². The Labute approximate surface area is 171 Å². The number of aliphatic hydroxyl groups is 5. The molecule has 1 heterocycles. The van der Waals surface area contributed by atoms with E-state index in [9.17, 15) is 25.5 Å². The van der Waals surface area contributed by atoms with Crippen LogP contribution in [0.25, 0.3) is 0 Å². The molecule has 7 heteroatoms. The fourth-order valence-electron chi connectivity index (χ4n) is 10.1. The highest BCUT2D eigenvalue weighted by molar-refractivity contribution is 5.42. The van der Waals surface area contributed by atoms with Gasteiger partial charge in [-0.15, -0.1) is 0 Å². The maximum absolute atomic E-state index is 12.3. The van der Waals surface area contributed by atoms with Crippen LogP contribution in [0.1, 0.15) is 46.0 Å². The van der Waals surface area contributed by atoms with Crippen LogP contribution in [-0.4, -0.2) is 91.8 Å². The van der Waals surface area contributed by atoms with E-state index in [1.807, 2.05) is 0 Å². The number of methoxy groups -OCH3 is 1. The maximum Gasteiger partial charge on any atom is 0.129 e. The molecule has 12 atom stereocenters. The molecule has 7 bridgehead atoms. The van der Waals surface area contributed by atoms with Crippen molar-refractivity contribution in [3.63, 3.8) is 0 Å². The number of hydrogen-bond acceptors (Lipinski definition) is 7. The summed E-state index contributed by atoms with van der Waals surface area (Å²) >= 11 is 0. The van der Waals surface area contributed by atoms with Crippen LogP contribution >= 0.6 is 0 Å². The average Bonchev–Trinajstić information content (AvgIpc) is 3.04. The lowest BCUT2D eigenvalue weighted by Gasteiger charge is -2.71. The van der Waals surface area contributed by atoms with Gasteiger partial charge in [-0.2, -0.15) is 0 Å². The van der Waals surface area contributed by atoms with Crippen molar-refractivity contribution >= 4 is 0 Å². The Bertz CT molecular complexity index is 766. The summed E-state index contributed by atoms with van der Waals surface area (Å²) in [5.74, 6) is -0.766. The van der Waals surface area contributed by atoms with Crippen molar-refractivity contribution in [1.82, 2.24) is 4.90 Å². The predicted molar refractivity (Wildman–Crippen MR) is 103 cm³/mol. The van der Waals surface area contributed by atoms with Crippen molar-refractivity contribution < 1.29 is 30.3 Å². The fraction of sp³-hybridized carbons (Fsp3) is 1.00. The predicted octanol–water partition coefficient (Wildman–Crippen LogP) is -0.520. The van der Waals surface area contributed by atoms with E-state index in [0.29, 0.717) is 25.8 Å². The van der Waals surface area contributed by atoms with Gasteiger partial charge in [-0.25, -0.2) is 0 Å². The fourth-order valence-corrected chi connectivity index (χ4v) is 10.1. The first-order valence-corrected chi connectivity index (χ1v) is 11.4. The molecule has 0 radical (unpaired) electrons. The Kier molecular flexibility index (Phi) is 3.48. The van der Waals surface area contributed by atoms with Gasteiger partial charge in [-0.3, -0.25) is 4.90 Å². The quantitative estimate of drug-likeness (QED) is 0.417. The number of likely N-dealkylation sites (N-methyl/N-ethyl adjacent to an activating group) is 1. The van der Waals surface area contributed by atoms with Crippen molar-refractivity contribution in [2.75, 3.05) is 20.2 Å². The van der Waals surface area contributed by atoms with Gasteiger partial charge in [0.05, 0.1) is 24.4 Å². The van der Waals surface area contributed by atoms with Gasteiger partial charge < -0.3 is 30.3 Å². The third kappa shape index (κ3) is 1.61. The monoisotopic (exact) mass is 409 g/mol. The Morgan fingerprint density at radius 1 is 1.10 bits per heavy atom. The topological polar surface area (TPSA) is 114 Å². The zero-order chi connectivity index (χ0) is 20.8. The van der Waals surface area contributed by atoms with Crippen LogP contribution in [0.2, 0.25) is 0 Å². The standard InChI is InChI=1S/C22H35NO6/c1-4-23-10-18(2)6-5-15(24)21-13-7-11-12(29-3)8-20(27,22(13,28)16(11)25)19(26,17(21)23)9-14(18)21/h11-17,24-28H,4-10H2,1-3H3/t11?,12?,13?,14-,15+,16+,17?,18+,19+,20+,21-,22+/m1/s1. The van der Waals surface area contributed by atoms with Crippen LogP contribution in [0.5, 0.6) is 0 Å². The van der Waals surface area contributed by atoms with Gasteiger partial charge in [0.15, 0.2) is 0 Å². The Balaban J connectivity index is 1.67. The first-order chi connectivity index (χ1) is 13.6. The van der Waals surface area contributed by atoms with Crippen LogP contribution in [-0.2, 0) is 4.74 Å². The second kappa shape index (κ2) is 5.20. The lowest BCUT2D eigenvalue weighted by molar-refractivity contribution is -0.364. The Morgan fingerprint density at radius 2 is 1.83 bits per heavy atom. The van der Waals surface area contributed by atoms with E-state index in [2.05, 4.69) is 18.7 Å². The van der Waals surface area contributed by atoms with Crippen molar-refractivity contribution in [1.29, 1.82) is 0 Å². The number of likely N-dealkylation sites (tertiary alicyclic amines) is 1. The Hall–Kier alpha value is -0.280. The molecular weight excluding hydrogens is 374 g/mol. The highest BCUT2D eigenvalue weighted by Crippen LogP contribution is 2.80. The van der Waals surface area contributed by atoms with Gasteiger partial charge in [0.1, 0.15) is 16.8 Å². The number of hydrogen-bond donors (Lipinski definition) is 5. The summed E-state index contributed by atoms with van der Waals surface area (Å²) in [6, 6.07) is -0.426. The SMILES string of the molecule is CCN1C[C@]2(C)CC[C@H](O)[C@]34C1[C@@](O)(C[C@H]23)[C@@]1(O)CC(OC)C2CC4[C@]1(O)[C@H]2O. The number of aliphatic hydroxyl groups excluding tert-OH is 2. The van der Waals surface area contributed by atoms with E-state index in [4.69, 9.17) is 4.74 Å². The minimum absolute atomic E-state index is 0.00662. The van der Waals surface area contributed by atoms with E-state index in [0.717, 1.165) is 13.0 Å². The van der Waals surface area contributed by atoms with Gasteiger partial charge >= 0.3 is 0 Å². The zero-order valence-electron chi connectivity index (χ0n) is 17.6. The second-order valence-electron chi connectivity index (χ2n) is 11.4.